The van der Waals surface area contributed by atoms with E-state index in [1.807, 2.05) is 0 Å². The molecule has 0 spiro atoms. The van der Waals surface area contributed by atoms with Crippen molar-refractivity contribution >= 4 is 28.7 Å². The van der Waals surface area contributed by atoms with Crippen LogP contribution in [0, 0.1) is 17.5 Å². The van der Waals surface area contributed by atoms with Gasteiger partial charge in [0, 0.05) is 5.56 Å². The first-order valence-corrected chi connectivity index (χ1v) is 6.69. The summed E-state index contributed by atoms with van der Waals surface area (Å²) in [6.07, 6.45) is 0. The third kappa shape index (κ3) is 4.05. The van der Waals surface area contributed by atoms with E-state index in [4.69, 9.17) is 12.2 Å². The third-order valence-electron chi connectivity index (χ3n) is 2.77. The Morgan fingerprint density at radius 2 is 1.77 bits per heavy atom. The highest BCUT2D eigenvalue weighted by Crippen LogP contribution is 2.12. The van der Waals surface area contributed by atoms with Gasteiger partial charge < -0.3 is 5.32 Å². The molecule has 0 unspecified atom stereocenters. The summed E-state index contributed by atoms with van der Waals surface area (Å²) in [5, 5.41) is 6.50. The van der Waals surface area contributed by atoms with E-state index in [0.29, 0.717) is 0 Å². The van der Waals surface area contributed by atoms with Crippen molar-refractivity contribution in [1.82, 2.24) is 5.43 Å². The van der Waals surface area contributed by atoms with Crippen molar-refractivity contribution in [3.63, 3.8) is 0 Å². The van der Waals surface area contributed by atoms with Crippen LogP contribution in [0.1, 0.15) is 12.5 Å². The van der Waals surface area contributed by atoms with Crippen molar-refractivity contribution in [1.29, 1.82) is 0 Å². The zero-order valence-electron chi connectivity index (χ0n) is 11.5. The molecule has 114 valence electrons. The van der Waals surface area contributed by atoms with Crippen LogP contribution in [-0.2, 0) is 0 Å². The Morgan fingerprint density at radius 3 is 2.50 bits per heavy atom. The topological polar surface area (TPSA) is 36.4 Å². The Kier molecular flexibility index (Phi) is 5.11. The molecule has 0 aliphatic carbocycles. The zero-order chi connectivity index (χ0) is 16.1. The maximum absolute atomic E-state index is 13.6. The Balaban J connectivity index is 2.06. The Labute approximate surface area is 130 Å². The number of hydrogen-bond donors (Lipinski definition) is 2. The molecule has 2 aromatic rings. The highest BCUT2D eigenvalue weighted by molar-refractivity contribution is 7.80. The molecule has 0 aliphatic heterocycles. The standard InChI is InChI=1S/C15H12F3N3S/c1-9(11-8-10(16)6-7-12(11)17)20-21-15(22)19-14-5-3-2-4-13(14)18/h2-8H,1H3,(H2,19,21,22)/b20-9-. The van der Waals surface area contributed by atoms with E-state index in [0.717, 1.165) is 18.2 Å². The summed E-state index contributed by atoms with van der Waals surface area (Å²) < 4.78 is 40.1. The second-order valence-electron chi connectivity index (χ2n) is 4.37. The smallest absolute Gasteiger partial charge is 0.191 e. The molecular formula is C15H12F3N3S. The Hall–Kier alpha value is -2.41. The predicted octanol–water partition coefficient (Wildman–Crippen LogP) is 3.81. The minimum absolute atomic E-state index is 0.0150. The molecule has 0 amide bonds. The lowest BCUT2D eigenvalue weighted by Crippen LogP contribution is -2.25. The molecule has 0 aromatic heterocycles. The monoisotopic (exact) mass is 323 g/mol. The quantitative estimate of drug-likeness (QED) is 0.512. The third-order valence-corrected chi connectivity index (χ3v) is 2.96. The van der Waals surface area contributed by atoms with E-state index >= 15 is 0 Å². The van der Waals surface area contributed by atoms with E-state index in [1.54, 1.807) is 12.1 Å². The number of hydrazone groups is 1. The van der Waals surface area contributed by atoms with Gasteiger partial charge in [-0.2, -0.15) is 5.10 Å². The first kappa shape index (κ1) is 16.0. The number of rotatable bonds is 3. The van der Waals surface area contributed by atoms with E-state index in [9.17, 15) is 13.2 Å². The van der Waals surface area contributed by atoms with Gasteiger partial charge in [-0.1, -0.05) is 12.1 Å². The summed E-state index contributed by atoms with van der Waals surface area (Å²) in [6, 6.07) is 9.04. The number of para-hydroxylation sites is 1. The molecule has 7 heteroatoms. The number of anilines is 1. The number of halogens is 3. The second-order valence-corrected chi connectivity index (χ2v) is 4.78. The fourth-order valence-electron chi connectivity index (χ4n) is 1.68. The first-order valence-electron chi connectivity index (χ1n) is 6.28. The fourth-order valence-corrected chi connectivity index (χ4v) is 1.84. The van der Waals surface area contributed by atoms with E-state index < -0.39 is 17.5 Å². The highest BCUT2D eigenvalue weighted by Gasteiger charge is 2.08. The van der Waals surface area contributed by atoms with Gasteiger partial charge in [0.15, 0.2) is 5.11 Å². The van der Waals surface area contributed by atoms with Gasteiger partial charge in [-0.15, -0.1) is 0 Å². The SMILES string of the molecule is C/C(=N/NC(=S)Nc1ccccc1F)c1cc(F)ccc1F. The number of nitrogens with one attached hydrogen (secondary N) is 2. The first-order chi connectivity index (χ1) is 10.5. The van der Waals surface area contributed by atoms with Gasteiger partial charge in [0.2, 0.25) is 0 Å². The van der Waals surface area contributed by atoms with Crippen LogP contribution in [-0.4, -0.2) is 10.8 Å². The average molecular weight is 323 g/mol. The van der Waals surface area contributed by atoms with Crippen LogP contribution in [0.15, 0.2) is 47.6 Å². The number of hydrogen-bond acceptors (Lipinski definition) is 2. The lowest BCUT2D eigenvalue weighted by Gasteiger charge is -2.09. The van der Waals surface area contributed by atoms with Gasteiger partial charge in [-0.3, -0.25) is 5.43 Å². The van der Waals surface area contributed by atoms with Crippen molar-refractivity contribution in [2.75, 3.05) is 5.32 Å². The van der Waals surface area contributed by atoms with Gasteiger partial charge in [-0.25, -0.2) is 13.2 Å². The Bertz CT molecular complexity index is 732. The minimum atomic E-state index is -0.600. The lowest BCUT2D eigenvalue weighted by molar-refractivity contribution is 0.598. The minimum Gasteiger partial charge on any atom is -0.329 e. The number of thiocarbonyl (C=S) groups is 1. The maximum Gasteiger partial charge on any atom is 0.191 e. The molecule has 22 heavy (non-hydrogen) atoms. The van der Waals surface area contributed by atoms with Gasteiger partial charge in [0.05, 0.1) is 11.4 Å². The lowest BCUT2D eigenvalue weighted by atomic mass is 10.1. The van der Waals surface area contributed by atoms with Crippen molar-refractivity contribution in [2.24, 2.45) is 5.10 Å². The van der Waals surface area contributed by atoms with Crippen LogP contribution >= 0.6 is 12.2 Å². The van der Waals surface area contributed by atoms with Crippen LogP contribution in [0.2, 0.25) is 0 Å². The van der Waals surface area contributed by atoms with Crippen LogP contribution in [0.25, 0.3) is 0 Å². The van der Waals surface area contributed by atoms with Crippen molar-refractivity contribution < 1.29 is 13.2 Å². The van der Waals surface area contributed by atoms with Gasteiger partial charge >= 0.3 is 0 Å². The summed E-state index contributed by atoms with van der Waals surface area (Å²) >= 11 is 4.96. The molecule has 0 radical (unpaired) electrons. The summed E-state index contributed by atoms with van der Waals surface area (Å²) in [5.74, 6) is -1.64. The largest absolute Gasteiger partial charge is 0.329 e. The predicted molar refractivity (Wildman–Crippen MR) is 84.3 cm³/mol. The maximum atomic E-state index is 13.6. The molecule has 2 rings (SSSR count). The molecular weight excluding hydrogens is 311 g/mol. The summed E-state index contributed by atoms with van der Waals surface area (Å²) in [4.78, 5) is 0. The molecule has 0 aliphatic rings. The molecule has 0 bridgehead atoms. The molecule has 0 heterocycles. The summed E-state index contributed by atoms with van der Waals surface area (Å²) in [5.41, 5.74) is 2.86. The molecule has 0 saturated heterocycles. The van der Waals surface area contributed by atoms with Gasteiger partial charge in [0.25, 0.3) is 0 Å². The second kappa shape index (κ2) is 7.04. The summed E-state index contributed by atoms with van der Waals surface area (Å²) in [7, 11) is 0. The van der Waals surface area contributed by atoms with Crippen molar-refractivity contribution in [3.05, 3.63) is 65.5 Å². The zero-order valence-corrected chi connectivity index (χ0v) is 12.3. The average Bonchev–Trinajstić information content (AvgIpc) is 2.49. The number of nitrogens with zero attached hydrogens (tertiary/aromatic N) is 1. The van der Waals surface area contributed by atoms with Crippen LogP contribution in [0.4, 0.5) is 18.9 Å². The molecule has 2 aromatic carbocycles. The van der Waals surface area contributed by atoms with Gasteiger partial charge in [0.1, 0.15) is 17.5 Å². The molecule has 0 fully saturated rings. The van der Waals surface area contributed by atoms with E-state index in [-0.39, 0.29) is 22.1 Å². The molecule has 3 nitrogen and oxygen atoms in total. The van der Waals surface area contributed by atoms with Gasteiger partial charge in [-0.05, 0) is 49.5 Å². The Morgan fingerprint density at radius 1 is 1.05 bits per heavy atom. The summed E-state index contributed by atoms with van der Waals surface area (Å²) in [6.45, 7) is 1.50. The molecule has 0 saturated carbocycles. The van der Waals surface area contributed by atoms with Crippen LogP contribution in [0.3, 0.4) is 0 Å². The highest BCUT2D eigenvalue weighted by atomic mass is 32.1. The normalized spacial score (nSPS) is 11.2. The van der Waals surface area contributed by atoms with Crippen LogP contribution in [0.5, 0.6) is 0 Å². The van der Waals surface area contributed by atoms with Crippen molar-refractivity contribution in [3.8, 4) is 0 Å². The van der Waals surface area contributed by atoms with Crippen molar-refractivity contribution in [2.45, 2.75) is 6.92 Å². The molecule has 0 atom stereocenters. The van der Waals surface area contributed by atoms with E-state index in [1.165, 1.54) is 19.1 Å². The fraction of sp³-hybridized carbons (Fsp3) is 0.0667. The van der Waals surface area contributed by atoms with Crippen LogP contribution < -0.4 is 10.7 Å². The van der Waals surface area contributed by atoms with E-state index in [2.05, 4.69) is 15.8 Å². The number of benzene rings is 2. The molecule has 2 N–H and O–H groups in total.